The zero-order valence-corrected chi connectivity index (χ0v) is 17.9. The number of H-pyrrole nitrogens is 1. The maximum absolute atomic E-state index is 11.7. The molecule has 5 aromatic rings. The topological polar surface area (TPSA) is 72.8 Å². The molecule has 2 aromatic carbocycles. The number of nitrogens with zero attached hydrogens (tertiary/aromatic N) is 3. The van der Waals surface area contributed by atoms with Gasteiger partial charge in [-0.25, -0.2) is 4.98 Å². The maximum Gasteiger partial charge on any atom is 0.248 e. The van der Waals surface area contributed by atoms with Crippen molar-refractivity contribution in [3.05, 3.63) is 100 Å². The monoisotopic (exact) mass is 422 g/mol. The van der Waals surface area contributed by atoms with E-state index in [4.69, 9.17) is 9.72 Å². The van der Waals surface area contributed by atoms with Gasteiger partial charge in [0.05, 0.1) is 22.5 Å². The van der Waals surface area contributed by atoms with Crippen molar-refractivity contribution in [2.75, 3.05) is 0 Å². The highest BCUT2D eigenvalue weighted by molar-refractivity contribution is 5.83. The molecule has 6 nitrogen and oxygen atoms in total. The normalized spacial score (nSPS) is 11.1. The van der Waals surface area contributed by atoms with Crippen LogP contribution in [0.3, 0.4) is 0 Å². The Kier molecular flexibility index (Phi) is 5.03. The Labute approximate surface area is 185 Å². The van der Waals surface area contributed by atoms with Crippen LogP contribution in [0.15, 0.2) is 83.8 Å². The van der Waals surface area contributed by atoms with Crippen molar-refractivity contribution in [1.82, 2.24) is 19.7 Å². The molecule has 0 aliphatic carbocycles. The first-order valence-electron chi connectivity index (χ1n) is 10.4. The number of ether oxygens (including phenoxy) is 1. The van der Waals surface area contributed by atoms with Gasteiger partial charge in [-0.3, -0.25) is 9.48 Å². The second-order valence-corrected chi connectivity index (χ2v) is 7.78. The van der Waals surface area contributed by atoms with E-state index in [9.17, 15) is 4.79 Å². The number of fused-ring (bicyclic) bond motifs is 1. The van der Waals surface area contributed by atoms with Crippen LogP contribution in [0.25, 0.3) is 33.4 Å². The van der Waals surface area contributed by atoms with Gasteiger partial charge in [0.2, 0.25) is 11.4 Å². The minimum absolute atomic E-state index is 0.162. The zero-order valence-electron chi connectivity index (χ0n) is 17.9. The van der Waals surface area contributed by atoms with Gasteiger partial charge >= 0.3 is 0 Å². The lowest BCUT2D eigenvalue weighted by atomic mass is 10.0. The first-order chi connectivity index (χ1) is 15.6. The number of aromatic amines is 1. The number of benzene rings is 2. The quantitative estimate of drug-likeness (QED) is 0.438. The van der Waals surface area contributed by atoms with Crippen molar-refractivity contribution in [2.24, 2.45) is 7.05 Å². The predicted molar refractivity (Wildman–Crippen MR) is 126 cm³/mol. The summed E-state index contributed by atoms with van der Waals surface area (Å²) >= 11 is 0. The van der Waals surface area contributed by atoms with E-state index >= 15 is 0 Å². The summed E-state index contributed by atoms with van der Waals surface area (Å²) in [7, 11) is 1.82. The van der Waals surface area contributed by atoms with Gasteiger partial charge in [-0.05, 0) is 36.2 Å². The molecule has 32 heavy (non-hydrogen) atoms. The molecule has 0 unspecified atom stereocenters. The summed E-state index contributed by atoms with van der Waals surface area (Å²) in [5, 5.41) is 5.54. The van der Waals surface area contributed by atoms with Crippen molar-refractivity contribution in [2.45, 2.75) is 13.5 Å². The summed E-state index contributed by atoms with van der Waals surface area (Å²) in [6.45, 7) is 2.45. The molecule has 1 N–H and O–H groups in total. The number of hydrogen-bond donors (Lipinski definition) is 1. The predicted octanol–water partition coefficient (Wildman–Crippen LogP) is 4.88. The van der Waals surface area contributed by atoms with E-state index in [0.717, 1.165) is 38.9 Å². The lowest BCUT2D eigenvalue weighted by molar-refractivity contribution is 0.292. The Morgan fingerprint density at radius 3 is 2.62 bits per heavy atom. The fourth-order valence-corrected chi connectivity index (χ4v) is 3.79. The van der Waals surface area contributed by atoms with Gasteiger partial charge in [0.1, 0.15) is 6.61 Å². The van der Waals surface area contributed by atoms with Gasteiger partial charge in [0, 0.05) is 30.3 Å². The molecular formula is C26H22N4O2. The minimum atomic E-state index is -0.162. The summed E-state index contributed by atoms with van der Waals surface area (Å²) in [6, 6.07) is 23.6. The average Bonchev–Trinajstić information content (AvgIpc) is 3.18. The third kappa shape index (κ3) is 3.90. The van der Waals surface area contributed by atoms with Crippen LogP contribution in [-0.2, 0) is 13.7 Å². The summed E-state index contributed by atoms with van der Waals surface area (Å²) in [6.07, 6.45) is 1.83. The molecule has 0 amide bonds. The van der Waals surface area contributed by atoms with Crippen LogP contribution in [0.2, 0.25) is 0 Å². The maximum atomic E-state index is 11.7. The molecule has 0 fully saturated rings. The Balaban J connectivity index is 1.37. The molecule has 158 valence electrons. The molecular weight excluding hydrogens is 400 g/mol. The number of nitrogens with one attached hydrogen (secondary N) is 1. The second-order valence-electron chi connectivity index (χ2n) is 7.78. The van der Waals surface area contributed by atoms with Crippen LogP contribution in [0.1, 0.15) is 11.1 Å². The molecule has 0 aliphatic rings. The third-order valence-corrected chi connectivity index (χ3v) is 5.37. The van der Waals surface area contributed by atoms with E-state index in [1.807, 2.05) is 49.6 Å². The van der Waals surface area contributed by atoms with Gasteiger partial charge in [-0.15, -0.1) is 5.10 Å². The van der Waals surface area contributed by atoms with E-state index in [1.54, 1.807) is 10.7 Å². The van der Waals surface area contributed by atoms with Crippen LogP contribution in [-0.4, -0.2) is 19.7 Å². The molecule has 3 heterocycles. The molecule has 0 atom stereocenters. The van der Waals surface area contributed by atoms with E-state index in [0.29, 0.717) is 18.2 Å². The second kappa shape index (κ2) is 8.15. The van der Waals surface area contributed by atoms with Gasteiger partial charge in [-0.1, -0.05) is 48.5 Å². The fourth-order valence-electron chi connectivity index (χ4n) is 3.79. The number of aryl methyl sites for hydroxylation is 2. The lowest BCUT2D eigenvalue weighted by Gasteiger charge is -2.09. The summed E-state index contributed by atoms with van der Waals surface area (Å²) in [5.74, 6) is 0.477. The van der Waals surface area contributed by atoms with Crippen molar-refractivity contribution in [3.63, 3.8) is 0 Å². The number of hydrogen-bond acceptors (Lipinski definition) is 4. The SMILES string of the molecule is Cc1cc2ccccc2nc1-c1ccc(COc2nn(C)cc2-c2cccc(=O)[nH]2)cc1. The van der Waals surface area contributed by atoms with Crippen molar-refractivity contribution < 1.29 is 4.74 Å². The van der Waals surface area contributed by atoms with Gasteiger partial charge in [0.25, 0.3) is 0 Å². The van der Waals surface area contributed by atoms with E-state index in [2.05, 4.69) is 41.3 Å². The molecule has 0 saturated heterocycles. The number of rotatable bonds is 5. The number of para-hydroxylation sites is 1. The molecule has 5 rings (SSSR count). The smallest absolute Gasteiger partial charge is 0.248 e. The minimum Gasteiger partial charge on any atom is -0.471 e. The molecule has 0 saturated carbocycles. The molecule has 6 heteroatoms. The highest BCUT2D eigenvalue weighted by Gasteiger charge is 2.13. The Morgan fingerprint density at radius 2 is 1.81 bits per heavy atom. The average molecular weight is 422 g/mol. The lowest BCUT2D eigenvalue weighted by Crippen LogP contribution is -2.04. The van der Waals surface area contributed by atoms with Gasteiger partial charge in [-0.2, -0.15) is 0 Å². The summed E-state index contributed by atoms with van der Waals surface area (Å²) in [5.41, 5.74) is 6.46. The van der Waals surface area contributed by atoms with E-state index in [-0.39, 0.29) is 5.56 Å². The summed E-state index contributed by atoms with van der Waals surface area (Å²) < 4.78 is 7.67. The molecule has 3 aromatic heterocycles. The molecule has 0 radical (unpaired) electrons. The van der Waals surface area contributed by atoms with Crippen LogP contribution in [0.5, 0.6) is 5.88 Å². The summed E-state index contributed by atoms with van der Waals surface area (Å²) in [4.78, 5) is 19.4. The Morgan fingerprint density at radius 1 is 1.00 bits per heavy atom. The third-order valence-electron chi connectivity index (χ3n) is 5.37. The standard InChI is InChI=1S/C26H22N4O2/c1-17-14-20-6-3-4-7-22(20)28-25(17)19-12-10-18(11-13-19)16-32-26-21(15-30(2)29-26)23-8-5-9-24(31)27-23/h3-15H,16H2,1-2H3,(H,27,31). The molecule has 0 spiro atoms. The van der Waals surface area contributed by atoms with Crippen LogP contribution in [0, 0.1) is 6.92 Å². The first kappa shape index (κ1) is 19.8. The largest absolute Gasteiger partial charge is 0.471 e. The number of pyridine rings is 2. The highest BCUT2D eigenvalue weighted by Crippen LogP contribution is 2.28. The van der Waals surface area contributed by atoms with Crippen LogP contribution in [0.4, 0.5) is 0 Å². The fraction of sp³-hybridized carbons (Fsp3) is 0.115. The van der Waals surface area contributed by atoms with Gasteiger partial charge < -0.3 is 9.72 Å². The molecule has 0 bridgehead atoms. The number of aromatic nitrogens is 4. The van der Waals surface area contributed by atoms with Crippen LogP contribution < -0.4 is 10.3 Å². The Hall–Kier alpha value is -4.19. The van der Waals surface area contributed by atoms with E-state index in [1.165, 1.54) is 6.07 Å². The zero-order chi connectivity index (χ0) is 22.1. The van der Waals surface area contributed by atoms with Gasteiger partial charge in [0.15, 0.2) is 0 Å². The van der Waals surface area contributed by atoms with Crippen molar-refractivity contribution in [3.8, 4) is 28.4 Å². The molecule has 0 aliphatic heterocycles. The first-order valence-corrected chi connectivity index (χ1v) is 10.4. The van der Waals surface area contributed by atoms with Crippen LogP contribution >= 0.6 is 0 Å². The van der Waals surface area contributed by atoms with Crippen molar-refractivity contribution >= 4 is 10.9 Å². The van der Waals surface area contributed by atoms with Crippen molar-refractivity contribution in [1.29, 1.82) is 0 Å². The highest BCUT2D eigenvalue weighted by atomic mass is 16.5. The Bertz CT molecular complexity index is 1470. The van der Waals surface area contributed by atoms with E-state index < -0.39 is 0 Å².